The van der Waals surface area contributed by atoms with Gasteiger partial charge in [0.15, 0.2) is 0 Å². The number of fused-ring (bicyclic) bond motifs is 1. The van der Waals surface area contributed by atoms with Crippen molar-refractivity contribution in [3.05, 3.63) is 24.3 Å². The summed E-state index contributed by atoms with van der Waals surface area (Å²) in [4.78, 5) is 0.716. The highest BCUT2D eigenvalue weighted by Crippen LogP contribution is 2.45. The summed E-state index contributed by atoms with van der Waals surface area (Å²) in [5.41, 5.74) is 0. The summed E-state index contributed by atoms with van der Waals surface area (Å²) in [5.74, 6) is 2.46. The second-order valence-electron chi connectivity index (χ2n) is 3.86. The molecule has 2 aliphatic rings. The topological polar surface area (TPSA) is 0 Å². The molecule has 0 aliphatic heterocycles. The second kappa shape index (κ2) is 3.37. The molecule has 2 aliphatic carbocycles. The van der Waals surface area contributed by atoms with E-state index in [1.807, 2.05) is 0 Å². The first-order valence-electron chi connectivity index (χ1n) is 4.82. The van der Waals surface area contributed by atoms with Crippen molar-refractivity contribution in [3.8, 4) is 0 Å². The highest BCUT2D eigenvalue weighted by atomic mass is 79.9. The third kappa shape index (κ3) is 1.28. The molecule has 1 saturated carbocycles. The van der Waals surface area contributed by atoms with Gasteiger partial charge in [-0.3, -0.25) is 0 Å². The van der Waals surface area contributed by atoms with Crippen LogP contribution >= 0.6 is 15.9 Å². The molecule has 0 aromatic heterocycles. The zero-order valence-electron chi connectivity index (χ0n) is 7.41. The van der Waals surface area contributed by atoms with E-state index in [1.54, 1.807) is 0 Å². The Bertz CT molecular complexity index is 217. The van der Waals surface area contributed by atoms with E-state index in [9.17, 15) is 0 Å². The Balaban J connectivity index is 2.15. The lowest BCUT2D eigenvalue weighted by Gasteiger charge is -2.18. The quantitative estimate of drug-likeness (QED) is 0.601. The molecule has 66 valence electrons. The van der Waals surface area contributed by atoms with Crippen molar-refractivity contribution in [2.24, 2.45) is 17.8 Å². The van der Waals surface area contributed by atoms with Crippen molar-refractivity contribution in [1.82, 2.24) is 0 Å². The van der Waals surface area contributed by atoms with Crippen molar-refractivity contribution in [2.45, 2.75) is 24.6 Å². The van der Waals surface area contributed by atoms with Gasteiger partial charge in [-0.15, -0.1) is 0 Å². The Labute approximate surface area is 82.9 Å². The van der Waals surface area contributed by atoms with Gasteiger partial charge >= 0.3 is 0 Å². The van der Waals surface area contributed by atoms with Crippen LogP contribution in [0.5, 0.6) is 0 Å². The summed E-state index contributed by atoms with van der Waals surface area (Å²) >= 11 is 3.82. The number of halogens is 1. The van der Waals surface area contributed by atoms with Crippen LogP contribution in [0.1, 0.15) is 19.8 Å². The number of allylic oxidation sites excluding steroid dienone is 4. The molecule has 1 fully saturated rings. The van der Waals surface area contributed by atoms with E-state index in [0.29, 0.717) is 4.83 Å². The molecule has 0 saturated heterocycles. The number of hydrogen-bond donors (Lipinski definition) is 0. The van der Waals surface area contributed by atoms with Gasteiger partial charge in [-0.1, -0.05) is 53.6 Å². The second-order valence-corrected chi connectivity index (χ2v) is 4.92. The Morgan fingerprint density at radius 1 is 1.33 bits per heavy atom. The van der Waals surface area contributed by atoms with Crippen molar-refractivity contribution < 1.29 is 0 Å². The van der Waals surface area contributed by atoms with Crippen LogP contribution in [-0.4, -0.2) is 4.83 Å². The van der Waals surface area contributed by atoms with E-state index in [0.717, 1.165) is 17.8 Å². The van der Waals surface area contributed by atoms with Gasteiger partial charge in [0.25, 0.3) is 0 Å². The van der Waals surface area contributed by atoms with Crippen LogP contribution in [0, 0.1) is 17.8 Å². The van der Waals surface area contributed by atoms with E-state index in [2.05, 4.69) is 47.2 Å². The summed E-state index contributed by atoms with van der Waals surface area (Å²) in [5, 5.41) is 0. The molecule has 0 nitrogen and oxygen atoms in total. The fourth-order valence-electron chi connectivity index (χ4n) is 2.43. The van der Waals surface area contributed by atoms with Crippen LogP contribution in [0.25, 0.3) is 0 Å². The molecular formula is C11H15Br. The van der Waals surface area contributed by atoms with Gasteiger partial charge in [-0.2, -0.15) is 0 Å². The van der Waals surface area contributed by atoms with Crippen LogP contribution in [0.15, 0.2) is 24.3 Å². The molecule has 4 atom stereocenters. The predicted octanol–water partition coefficient (Wildman–Crippen LogP) is 3.54. The molecular weight excluding hydrogens is 212 g/mol. The lowest BCUT2D eigenvalue weighted by atomic mass is 9.92. The summed E-state index contributed by atoms with van der Waals surface area (Å²) in [6.45, 7) is 2.30. The lowest BCUT2D eigenvalue weighted by Crippen LogP contribution is -2.15. The van der Waals surface area contributed by atoms with Gasteiger partial charge in [-0.05, 0) is 24.2 Å². The van der Waals surface area contributed by atoms with E-state index < -0.39 is 0 Å². The first kappa shape index (κ1) is 8.55. The zero-order valence-corrected chi connectivity index (χ0v) is 9.00. The molecule has 0 amide bonds. The van der Waals surface area contributed by atoms with Gasteiger partial charge in [0, 0.05) is 4.83 Å². The van der Waals surface area contributed by atoms with E-state index in [-0.39, 0.29) is 0 Å². The Kier molecular flexibility index (Phi) is 2.40. The fraction of sp³-hybridized carbons (Fsp3) is 0.636. The normalized spacial score (nSPS) is 44.8. The largest absolute Gasteiger partial charge is 0.0881 e. The zero-order chi connectivity index (χ0) is 8.55. The minimum Gasteiger partial charge on any atom is -0.0881 e. The van der Waals surface area contributed by atoms with Gasteiger partial charge in [-0.25, -0.2) is 0 Å². The van der Waals surface area contributed by atoms with Crippen molar-refractivity contribution >= 4 is 15.9 Å². The molecule has 1 heteroatoms. The molecule has 4 unspecified atom stereocenters. The lowest BCUT2D eigenvalue weighted by molar-refractivity contribution is 0.526. The van der Waals surface area contributed by atoms with Crippen LogP contribution in [-0.2, 0) is 0 Å². The monoisotopic (exact) mass is 226 g/mol. The predicted molar refractivity (Wildman–Crippen MR) is 56.4 cm³/mol. The summed E-state index contributed by atoms with van der Waals surface area (Å²) in [7, 11) is 0. The van der Waals surface area contributed by atoms with Crippen molar-refractivity contribution in [1.29, 1.82) is 0 Å². The average molecular weight is 227 g/mol. The fourth-order valence-corrected chi connectivity index (χ4v) is 3.59. The maximum Gasteiger partial charge on any atom is 0.0242 e. The number of rotatable bonds is 1. The first-order valence-corrected chi connectivity index (χ1v) is 5.73. The van der Waals surface area contributed by atoms with Gasteiger partial charge in [0.1, 0.15) is 0 Å². The maximum absolute atomic E-state index is 3.82. The van der Waals surface area contributed by atoms with Gasteiger partial charge in [0.05, 0.1) is 0 Å². The third-order valence-corrected chi connectivity index (χ3v) is 4.57. The molecule has 0 radical (unpaired) electrons. The maximum atomic E-state index is 3.82. The van der Waals surface area contributed by atoms with E-state index >= 15 is 0 Å². The van der Waals surface area contributed by atoms with Crippen LogP contribution in [0.4, 0.5) is 0 Å². The Morgan fingerprint density at radius 3 is 2.75 bits per heavy atom. The summed E-state index contributed by atoms with van der Waals surface area (Å²) < 4.78 is 0. The van der Waals surface area contributed by atoms with E-state index in [1.165, 1.54) is 12.8 Å². The molecule has 0 bridgehead atoms. The van der Waals surface area contributed by atoms with Gasteiger partial charge < -0.3 is 0 Å². The smallest absolute Gasteiger partial charge is 0.0242 e. The molecule has 0 heterocycles. The summed E-state index contributed by atoms with van der Waals surface area (Å²) in [6.07, 6.45) is 11.8. The van der Waals surface area contributed by atoms with E-state index in [4.69, 9.17) is 0 Å². The first-order chi connectivity index (χ1) is 5.83. The number of hydrogen-bond acceptors (Lipinski definition) is 0. The van der Waals surface area contributed by atoms with Crippen molar-refractivity contribution in [3.63, 3.8) is 0 Å². The molecule has 2 rings (SSSR count). The van der Waals surface area contributed by atoms with Gasteiger partial charge in [0.2, 0.25) is 0 Å². The molecule has 0 aromatic rings. The molecule has 0 aromatic carbocycles. The van der Waals surface area contributed by atoms with Crippen LogP contribution < -0.4 is 0 Å². The Hall–Kier alpha value is -0.0400. The van der Waals surface area contributed by atoms with Crippen LogP contribution in [0.3, 0.4) is 0 Å². The third-order valence-electron chi connectivity index (χ3n) is 3.21. The molecule has 0 N–H and O–H groups in total. The minimum absolute atomic E-state index is 0.716. The Morgan fingerprint density at radius 2 is 2.08 bits per heavy atom. The SMILES string of the molecule is CCC1CC2C=CC=CC2C1Br. The van der Waals surface area contributed by atoms with Crippen molar-refractivity contribution in [2.75, 3.05) is 0 Å². The summed E-state index contributed by atoms with van der Waals surface area (Å²) in [6, 6.07) is 0. The van der Waals surface area contributed by atoms with Crippen LogP contribution in [0.2, 0.25) is 0 Å². The standard InChI is InChI=1S/C11H15Br/c1-2-8-7-9-5-3-4-6-10(9)11(8)12/h3-6,8-11H,2,7H2,1H3. The minimum atomic E-state index is 0.716. The highest BCUT2D eigenvalue weighted by molar-refractivity contribution is 9.09. The highest BCUT2D eigenvalue weighted by Gasteiger charge is 2.38. The molecule has 0 spiro atoms. The average Bonchev–Trinajstić information content (AvgIpc) is 2.44. The molecule has 12 heavy (non-hydrogen) atoms. The number of alkyl halides is 1.